The van der Waals surface area contributed by atoms with Crippen LogP contribution in [0.25, 0.3) is 0 Å². The average molecular weight is 238 g/mol. The lowest BCUT2D eigenvalue weighted by molar-refractivity contribution is 0.0875. The summed E-state index contributed by atoms with van der Waals surface area (Å²) in [5.41, 5.74) is 0.881. The van der Waals surface area contributed by atoms with Crippen molar-refractivity contribution in [2.75, 3.05) is 18.0 Å². The molecule has 1 atom stereocenters. The fraction of sp³-hybridized carbons (Fsp3) is 0.615. The van der Waals surface area contributed by atoms with Gasteiger partial charge in [0.2, 0.25) is 0 Å². The van der Waals surface area contributed by atoms with Gasteiger partial charge in [0.25, 0.3) is 0 Å². The molecule has 1 heterocycles. The van der Waals surface area contributed by atoms with Gasteiger partial charge in [-0.1, -0.05) is 0 Å². The molecule has 2 N–H and O–H groups in total. The first-order chi connectivity index (χ1) is 7.83. The molecule has 0 radical (unpaired) electrons. The Bertz CT molecular complexity index is 341. The zero-order valence-corrected chi connectivity index (χ0v) is 11.0. The topological polar surface area (TPSA) is 56.6 Å². The van der Waals surface area contributed by atoms with Gasteiger partial charge >= 0.3 is 0 Å². The van der Waals surface area contributed by atoms with Crippen LogP contribution in [0.3, 0.4) is 0 Å². The van der Waals surface area contributed by atoms with Gasteiger partial charge in [0.1, 0.15) is 0 Å². The number of aliphatic hydroxyl groups excluding tert-OH is 1. The highest BCUT2D eigenvalue weighted by Crippen LogP contribution is 2.18. The van der Waals surface area contributed by atoms with E-state index >= 15 is 0 Å². The maximum atomic E-state index is 9.82. The van der Waals surface area contributed by atoms with Crippen LogP contribution in [0, 0.1) is 0 Å². The van der Waals surface area contributed by atoms with Gasteiger partial charge in [-0.25, -0.2) is 0 Å². The van der Waals surface area contributed by atoms with Crippen molar-refractivity contribution in [2.45, 2.75) is 39.4 Å². The lowest BCUT2D eigenvalue weighted by atomic mass is 10.1. The maximum absolute atomic E-state index is 9.82. The van der Waals surface area contributed by atoms with Gasteiger partial charge in [0.05, 0.1) is 29.3 Å². The highest BCUT2D eigenvalue weighted by molar-refractivity contribution is 5.45. The molecule has 0 spiro atoms. The minimum atomic E-state index is -0.737. The molecule has 0 unspecified atom stereocenters. The summed E-state index contributed by atoms with van der Waals surface area (Å²) in [7, 11) is 0. The Kier molecular flexibility index (Phi) is 4.48. The third-order valence-electron chi connectivity index (χ3n) is 2.52. The molecule has 0 aliphatic heterocycles. The van der Waals surface area contributed by atoms with Crippen LogP contribution in [0.4, 0.5) is 5.69 Å². The molecule has 0 aromatic carbocycles. The van der Waals surface area contributed by atoms with Gasteiger partial charge in [-0.05, 0) is 39.8 Å². The number of hydrogen-bond acceptors (Lipinski definition) is 4. The largest absolute Gasteiger partial charge is 0.389 e. The number of nitrogens with zero attached hydrogens (tertiary/aromatic N) is 2. The Hall–Kier alpha value is -1.13. The van der Waals surface area contributed by atoms with Crippen molar-refractivity contribution in [1.29, 1.82) is 0 Å². The lowest BCUT2D eigenvalue weighted by Gasteiger charge is -2.29. The predicted molar refractivity (Wildman–Crippen MR) is 69.1 cm³/mol. The molecule has 0 saturated heterocycles. The third kappa shape index (κ3) is 4.32. The molecular formula is C13H22N2O2. The summed E-state index contributed by atoms with van der Waals surface area (Å²) >= 11 is 0. The van der Waals surface area contributed by atoms with Crippen molar-refractivity contribution < 1.29 is 10.2 Å². The number of aromatic nitrogens is 1. The Balaban J connectivity index is 2.82. The second kappa shape index (κ2) is 5.47. The van der Waals surface area contributed by atoms with Gasteiger partial charge in [0.15, 0.2) is 0 Å². The van der Waals surface area contributed by atoms with E-state index in [1.807, 2.05) is 19.1 Å². The minimum absolute atomic E-state index is 0.548. The number of aliphatic hydroxyl groups is 2. The highest BCUT2D eigenvalue weighted by Gasteiger charge is 2.17. The average Bonchev–Trinajstić information content (AvgIpc) is 2.25. The van der Waals surface area contributed by atoms with E-state index in [4.69, 9.17) is 0 Å². The van der Waals surface area contributed by atoms with Crippen LogP contribution in [-0.2, 0) is 0 Å². The molecule has 0 aliphatic rings. The summed E-state index contributed by atoms with van der Waals surface area (Å²) in [6.45, 7) is 8.66. The number of pyridine rings is 1. The van der Waals surface area contributed by atoms with Crippen LogP contribution in [-0.4, -0.2) is 33.9 Å². The molecule has 0 bridgehead atoms. The Morgan fingerprint density at radius 3 is 2.41 bits per heavy atom. The summed E-state index contributed by atoms with van der Waals surface area (Å²) in [5, 5.41) is 19.2. The molecule has 4 nitrogen and oxygen atoms in total. The van der Waals surface area contributed by atoms with E-state index in [1.165, 1.54) is 0 Å². The first-order valence-corrected chi connectivity index (χ1v) is 5.95. The van der Waals surface area contributed by atoms with E-state index in [0.717, 1.165) is 12.2 Å². The zero-order chi connectivity index (χ0) is 13.1. The standard InChI is InChI=1S/C13H22N2O2/c1-5-15(9-13(3,4)17)11-6-7-12(10(2)16)14-8-11/h6-8,10,16-17H,5,9H2,1-4H3/t10-/m1/s1. The number of likely N-dealkylation sites (N-methyl/N-ethyl adjacent to an activating group) is 1. The monoisotopic (exact) mass is 238 g/mol. The Labute approximate surface area is 103 Å². The van der Waals surface area contributed by atoms with Crippen molar-refractivity contribution in [3.8, 4) is 0 Å². The molecule has 1 aromatic heterocycles. The molecule has 1 aromatic rings. The minimum Gasteiger partial charge on any atom is -0.389 e. The molecule has 0 amide bonds. The quantitative estimate of drug-likeness (QED) is 0.820. The predicted octanol–water partition coefficient (Wildman–Crippen LogP) is 1.73. The fourth-order valence-corrected chi connectivity index (χ4v) is 1.68. The van der Waals surface area contributed by atoms with Gasteiger partial charge in [0, 0.05) is 13.1 Å². The molecule has 0 fully saturated rings. The van der Waals surface area contributed by atoms with Gasteiger partial charge < -0.3 is 15.1 Å². The van der Waals surface area contributed by atoms with E-state index in [2.05, 4.69) is 9.88 Å². The van der Waals surface area contributed by atoms with Crippen molar-refractivity contribution in [1.82, 2.24) is 4.98 Å². The number of hydrogen-bond donors (Lipinski definition) is 2. The first-order valence-electron chi connectivity index (χ1n) is 5.95. The van der Waals surface area contributed by atoms with E-state index < -0.39 is 11.7 Å². The fourth-order valence-electron chi connectivity index (χ4n) is 1.68. The van der Waals surface area contributed by atoms with E-state index in [9.17, 15) is 10.2 Å². The van der Waals surface area contributed by atoms with Crippen LogP contribution in [0.5, 0.6) is 0 Å². The maximum Gasteiger partial charge on any atom is 0.0931 e. The van der Waals surface area contributed by atoms with Crippen molar-refractivity contribution in [3.63, 3.8) is 0 Å². The Morgan fingerprint density at radius 2 is 2.06 bits per heavy atom. The van der Waals surface area contributed by atoms with Crippen molar-refractivity contribution in [3.05, 3.63) is 24.0 Å². The van der Waals surface area contributed by atoms with Crippen LogP contribution < -0.4 is 4.90 Å². The van der Waals surface area contributed by atoms with Crippen molar-refractivity contribution in [2.24, 2.45) is 0 Å². The molecule has 17 heavy (non-hydrogen) atoms. The SMILES string of the molecule is CCN(CC(C)(C)O)c1ccc([C@@H](C)O)nc1. The number of anilines is 1. The van der Waals surface area contributed by atoms with E-state index in [1.54, 1.807) is 27.0 Å². The van der Waals surface area contributed by atoms with Crippen molar-refractivity contribution >= 4 is 5.69 Å². The molecule has 96 valence electrons. The van der Waals surface area contributed by atoms with Crippen LogP contribution in [0.1, 0.15) is 39.5 Å². The highest BCUT2D eigenvalue weighted by atomic mass is 16.3. The van der Waals surface area contributed by atoms with Gasteiger partial charge in [-0.15, -0.1) is 0 Å². The number of rotatable bonds is 5. The van der Waals surface area contributed by atoms with Crippen LogP contribution in [0.2, 0.25) is 0 Å². The van der Waals surface area contributed by atoms with E-state index in [0.29, 0.717) is 12.2 Å². The van der Waals surface area contributed by atoms with Gasteiger partial charge in [-0.3, -0.25) is 4.98 Å². The second-order valence-corrected chi connectivity index (χ2v) is 4.94. The second-order valence-electron chi connectivity index (χ2n) is 4.94. The summed E-state index contributed by atoms with van der Waals surface area (Å²) in [6.07, 6.45) is 1.19. The molecule has 0 saturated carbocycles. The summed E-state index contributed by atoms with van der Waals surface area (Å²) in [5.74, 6) is 0. The normalized spacial score (nSPS) is 13.5. The summed E-state index contributed by atoms with van der Waals surface area (Å²) in [6, 6.07) is 3.73. The summed E-state index contributed by atoms with van der Waals surface area (Å²) in [4.78, 5) is 6.26. The zero-order valence-electron chi connectivity index (χ0n) is 11.0. The molecule has 0 aliphatic carbocycles. The molecule has 4 heteroatoms. The molecule has 1 rings (SSSR count). The lowest BCUT2D eigenvalue weighted by Crippen LogP contribution is -2.38. The first kappa shape index (κ1) is 13.9. The third-order valence-corrected chi connectivity index (χ3v) is 2.52. The Morgan fingerprint density at radius 1 is 1.41 bits per heavy atom. The van der Waals surface area contributed by atoms with Crippen LogP contribution in [0.15, 0.2) is 18.3 Å². The van der Waals surface area contributed by atoms with Gasteiger partial charge in [-0.2, -0.15) is 0 Å². The van der Waals surface area contributed by atoms with Crippen LogP contribution >= 0.6 is 0 Å². The smallest absolute Gasteiger partial charge is 0.0931 e. The van der Waals surface area contributed by atoms with E-state index in [-0.39, 0.29) is 0 Å². The summed E-state index contributed by atoms with van der Waals surface area (Å²) < 4.78 is 0. The molecular weight excluding hydrogens is 216 g/mol.